The number of hydrogen-bond donors (Lipinski definition) is 2. The summed E-state index contributed by atoms with van der Waals surface area (Å²) in [5, 5.41) is 5.53. The minimum Gasteiger partial charge on any atom is -0.350 e. The normalized spacial score (nSPS) is 12.5. The largest absolute Gasteiger partial charge is 0.418 e. The van der Waals surface area contributed by atoms with Gasteiger partial charge in [-0.1, -0.05) is 0 Å². The van der Waals surface area contributed by atoms with E-state index in [1.165, 1.54) is 12.3 Å². The van der Waals surface area contributed by atoms with Crippen molar-refractivity contribution in [2.24, 2.45) is 0 Å². The first-order chi connectivity index (χ1) is 14.7. The number of rotatable bonds is 4. The molecule has 0 radical (unpaired) electrons. The molecule has 0 fully saturated rings. The molecule has 2 heterocycles. The van der Waals surface area contributed by atoms with E-state index in [-0.39, 0.29) is 17.8 Å². The third-order valence-corrected chi connectivity index (χ3v) is 4.09. The van der Waals surface area contributed by atoms with Gasteiger partial charge in [0.2, 0.25) is 5.95 Å². The third-order valence-electron chi connectivity index (χ3n) is 4.09. The van der Waals surface area contributed by atoms with Crippen molar-refractivity contribution in [2.45, 2.75) is 38.7 Å². The molecule has 0 aliphatic rings. The van der Waals surface area contributed by atoms with Gasteiger partial charge in [-0.05, 0) is 51.1 Å². The number of anilines is 3. The highest BCUT2D eigenvalue weighted by Gasteiger charge is 2.38. The average molecular weight is 455 g/mol. The van der Waals surface area contributed by atoms with Crippen LogP contribution in [0.15, 0.2) is 48.8 Å². The molecule has 3 aromatic rings. The summed E-state index contributed by atoms with van der Waals surface area (Å²) in [6, 6.07) is 6.14. The standard InChI is InChI=1S/C21H19F6N5/c1-19(2,3)32-18-30-16(12-5-4-8-28-11-12)10-17(31-18)29-15-7-6-13(20(22,23)24)9-14(15)21(25,26)27/h4-11H,1-3H3,(H2,29,30,31,32). The molecule has 32 heavy (non-hydrogen) atoms. The molecule has 0 saturated heterocycles. The van der Waals surface area contributed by atoms with Crippen LogP contribution in [-0.2, 0) is 12.4 Å². The van der Waals surface area contributed by atoms with Gasteiger partial charge in [-0.15, -0.1) is 0 Å². The predicted molar refractivity (Wildman–Crippen MR) is 108 cm³/mol. The van der Waals surface area contributed by atoms with Crippen molar-refractivity contribution in [2.75, 3.05) is 10.6 Å². The fraction of sp³-hybridized carbons (Fsp3) is 0.286. The number of nitrogens with zero attached hydrogens (tertiary/aromatic N) is 3. The van der Waals surface area contributed by atoms with Gasteiger partial charge in [0.05, 0.1) is 22.5 Å². The van der Waals surface area contributed by atoms with Crippen LogP contribution in [0.1, 0.15) is 31.9 Å². The summed E-state index contributed by atoms with van der Waals surface area (Å²) >= 11 is 0. The quantitative estimate of drug-likeness (QED) is 0.438. The maximum absolute atomic E-state index is 13.5. The summed E-state index contributed by atoms with van der Waals surface area (Å²) in [4.78, 5) is 12.6. The van der Waals surface area contributed by atoms with E-state index < -0.39 is 34.7 Å². The second kappa shape index (κ2) is 8.29. The van der Waals surface area contributed by atoms with E-state index in [2.05, 4.69) is 25.6 Å². The maximum Gasteiger partial charge on any atom is 0.418 e. The predicted octanol–water partition coefficient (Wildman–Crippen LogP) is 6.53. The average Bonchev–Trinajstić information content (AvgIpc) is 2.65. The Kier molecular flexibility index (Phi) is 6.03. The first-order valence-corrected chi connectivity index (χ1v) is 9.35. The van der Waals surface area contributed by atoms with Crippen LogP contribution in [0.3, 0.4) is 0 Å². The van der Waals surface area contributed by atoms with Crippen LogP contribution in [0, 0.1) is 0 Å². The molecule has 3 rings (SSSR count). The Labute approximate surface area is 179 Å². The zero-order chi connectivity index (χ0) is 23.7. The Morgan fingerprint density at radius 2 is 1.56 bits per heavy atom. The van der Waals surface area contributed by atoms with E-state index in [0.29, 0.717) is 17.3 Å². The van der Waals surface area contributed by atoms with Crippen LogP contribution < -0.4 is 10.6 Å². The first kappa shape index (κ1) is 23.3. The second-order valence-electron chi connectivity index (χ2n) is 7.96. The van der Waals surface area contributed by atoms with Crippen LogP contribution >= 0.6 is 0 Å². The molecule has 1 aromatic carbocycles. The highest BCUT2D eigenvalue weighted by molar-refractivity contribution is 5.69. The lowest BCUT2D eigenvalue weighted by atomic mass is 10.1. The van der Waals surface area contributed by atoms with Gasteiger partial charge in [0, 0.05) is 29.6 Å². The molecular weight excluding hydrogens is 436 g/mol. The van der Waals surface area contributed by atoms with Crippen LogP contribution in [0.2, 0.25) is 0 Å². The summed E-state index contributed by atoms with van der Waals surface area (Å²) < 4.78 is 79.3. The van der Waals surface area contributed by atoms with E-state index >= 15 is 0 Å². The first-order valence-electron chi connectivity index (χ1n) is 9.35. The lowest BCUT2D eigenvalue weighted by Gasteiger charge is -2.22. The summed E-state index contributed by atoms with van der Waals surface area (Å²) in [6.45, 7) is 5.54. The fourth-order valence-electron chi connectivity index (χ4n) is 2.77. The third kappa shape index (κ3) is 5.86. The molecule has 0 aliphatic carbocycles. The Morgan fingerprint density at radius 1 is 0.844 bits per heavy atom. The molecule has 0 amide bonds. The van der Waals surface area contributed by atoms with Crippen molar-refractivity contribution >= 4 is 17.5 Å². The summed E-state index contributed by atoms with van der Waals surface area (Å²) in [6.07, 6.45) is -6.86. The van der Waals surface area contributed by atoms with Gasteiger partial charge >= 0.3 is 12.4 Å². The summed E-state index contributed by atoms with van der Waals surface area (Å²) in [7, 11) is 0. The Balaban J connectivity index is 2.09. The fourth-order valence-corrected chi connectivity index (χ4v) is 2.77. The van der Waals surface area contributed by atoms with Crippen LogP contribution in [0.25, 0.3) is 11.3 Å². The number of nitrogens with one attached hydrogen (secondary N) is 2. The SMILES string of the molecule is CC(C)(C)Nc1nc(Nc2ccc(C(F)(F)F)cc2C(F)(F)F)cc(-c2cccnc2)n1. The Bertz CT molecular complexity index is 1090. The molecule has 2 aromatic heterocycles. The Morgan fingerprint density at radius 3 is 2.12 bits per heavy atom. The molecule has 11 heteroatoms. The van der Waals surface area contributed by atoms with Gasteiger partial charge in [0.15, 0.2) is 0 Å². The van der Waals surface area contributed by atoms with Gasteiger partial charge < -0.3 is 10.6 Å². The van der Waals surface area contributed by atoms with E-state index in [9.17, 15) is 26.3 Å². The molecule has 0 bridgehead atoms. The van der Waals surface area contributed by atoms with E-state index in [1.807, 2.05) is 20.8 Å². The van der Waals surface area contributed by atoms with Crippen molar-refractivity contribution in [1.82, 2.24) is 15.0 Å². The second-order valence-corrected chi connectivity index (χ2v) is 7.96. The number of benzene rings is 1. The van der Waals surface area contributed by atoms with Gasteiger partial charge in [0.1, 0.15) is 5.82 Å². The molecule has 5 nitrogen and oxygen atoms in total. The monoisotopic (exact) mass is 455 g/mol. The molecule has 0 aliphatic heterocycles. The van der Waals surface area contributed by atoms with Crippen molar-refractivity contribution in [3.05, 3.63) is 59.9 Å². The number of alkyl halides is 6. The van der Waals surface area contributed by atoms with Crippen LogP contribution in [0.5, 0.6) is 0 Å². The number of halogens is 6. The topological polar surface area (TPSA) is 62.7 Å². The van der Waals surface area contributed by atoms with Gasteiger partial charge in [-0.3, -0.25) is 4.98 Å². The Hall–Kier alpha value is -3.37. The lowest BCUT2D eigenvalue weighted by Crippen LogP contribution is -2.27. The van der Waals surface area contributed by atoms with Gasteiger partial charge in [0.25, 0.3) is 0 Å². The van der Waals surface area contributed by atoms with Crippen LogP contribution in [-0.4, -0.2) is 20.5 Å². The van der Waals surface area contributed by atoms with Crippen molar-refractivity contribution < 1.29 is 26.3 Å². The molecule has 0 unspecified atom stereocenters. The zero-order valence-corrected chi connectivity index (χ0v) is 17.2. The minimum absolute atomic E-state index is 0.0316. The highest BCUT2D eigenvalue weighted by atomic mass is 19.4. The molecular formula is C21H19F6N5. The molecule has 2 N–H and O–H groups in total. The maximum atomic E-state index is 13.5. The van der Waals surface area contributed by atoms with Crippen LogP contribution in [0.4, 0.5) is 43.8 Å². The molecule has 0 saturated carbocycles. The number of hydrogen-bond acceptors (Lipinski definition) is 5. The zero-order valence-electron chi connectivity index (χ0n) is 17.2. The van der Waals surface area contributed by atoms with Gasteiger partial charge in [-0.2, -0.15) is 31.3 Å². The minimum atomic E-state index is -5.02. The molecule has 0 atom stereocenters. The van der Waals surface area contributed by atoms with Gasteiger partial charge in [-0.25, -0.2) is 4.98 Å². The van der Waals surface area contributed by atoms with E-state index in [1.54, 1.807) is 18.3 Å². The van der Waals surface area contributed by atoms with E-state index in [4.69, 9.17) is 0 Å². The smallest absolute Gasteiger partial charge is 0.350 e. The number of aromatic nitrogens is 3. The summed E-state index contributed by atoms with van der Waals surface area (Å²) in [5.41, 5.74) is -2.94. The number of pyridine rings is 1. The highest BCUT2D eigenvalue weighted by Crippen LogP contribution is 2.40. The van der Waals surface area contributed by atoms with Crippen molar-refractivity contribution in [1.29, 1.82) is 0 Å². The molecule has 170 valence electrons. The van der Waals surface area contributed by atoms with Crippen molar-refractivity contribution in [3.8, 4) is 11.3 Å². The van der Waals surface area contributed by atoms with Crippen molar-refractivity contribution in [3.63, 3.8) is 0 Å². The summed E-state index contributed by atoms with van der Waals surface area (Å²) in [5.74, 6) is 0.0951. The lowest BCUT2D eigenvalue weighted by molar-refractivity contribution is -0.142. The van der Waals surface area contributed by atoms with E-state index in [0.717, 1.165) is 6.07 Å². The molecule has 0 spiro atoms.